The van der Waals surface area contributed by atoms with Gasteiger partial charge in [-0.2, -0.15) is 10.4 Å². The van der Waals surface area contributed by atoms with E-state index in [0.717, 1.165) is 22.7 Å². The predicted octanol–water partition coefficient (Wildman–Crippen LogP) is 5.31. The number of nitrogens with zero attached hydrogens (tertiary/aromatic N) is 4. The van der Waals surface area contributed by atoms with E-state index in [2.05, 4.69) is 16.5 Å². The molecule has 4 rings (SSSR count). The van der Waals surface area contributed by atoms with Crippen LogP contribution in [0.3, 0.4) is 0 Å². The summed E-state index contributed by atoms with van der Waals surface area (Å²) in [5, 5.41) is 16.5. The first kappa shape index (κ1) is 26.7. The minimum atomic E-state index is -0.557. The molecule has 1 aliphatic rings. The molecule has 0 atom stereocenters. The molecule has 1 aromatic heterocycles. The van der Waals surface area contributed by atoms with Gasteiger partial charge in [-0.1, -0.05) is 12.1 Å². The zero-order chi connectivity index (χ0) is 27.3. The highest BCUT2D eigenvalue weighted by Crippen LogP contribution is 2.33. The number of likely N-dealkylation sites (tertiary alicyclic amines) is 1. The molecule has 198 valence electrons. The summed E-state index contributed by atoms with van der Waals surface area (Å²) in [6.07, 6.45) is 2.93. The van der Waals surface area contributed by atoms with E-state index in [0.29, 0.717) is 43.6 Å². The zero-order valence-corrected chi connectivity index (χ0v) is 22.2. The Kier molecular flexibility index (Phi) is 8.01. The molecule has 2 aromatic carbocycles. The van der Waals surface area contributed by atoms with Crippen molar-refractivity contribution in [3.63, 3.8) is 0 Å². The number of benzene rings is 2. The maximum atomic E-state index is 13.4. The normalized spacial score (nSPS) is 14.0. The summed E-state index contributed by atoms with van der Waals surface area (Å²) in [4.78, 5) is 27.8. The number of piperidine rings is 1. The second kappa shape index (κ2) is 11.4. The maximum Gasteiger partial charge on any atom is 0.410 e. The van der Waals surface area contributed by atoms with E-state index < -0.39 is 5.60 Å². The molecular formula is C29H33N5O4. The van der Waals surface area contributed by atoms with Gasteiger partial charge in [0, 0.05) is 24.7 Å². The molecule has 1 saturated heterocycles. The van der Waals surface area contributed by atoms with E-state index in [1.54, 1.807) is 35.0 Å². The molecule has 0 bridgehead atoms. The first-order chi connectivity index (χ1) is 18.2. The summed E-state index contributed by atoms with van der Waals surface area (Å²) in [6, 6.07) is 16.9. The number of rotatable bonds is 6. The number of hydrogen-bond donors (Lipinski definition) is 1. The Labute approximate surface area is 223 Å². The standard InChI is InChI=1S/C29H33N5O4/c1-29(2,3)38-28(36)33-17-14-21(15-18-33)26-25(19-31-34(26)23-9-11-24(37-4)12-10-23)27(35)32-22-7-5-20(6-8-22)13-16-30/h5-12,19,21H,13-15,17-18H2,1-4H3,(H,32,35). The van der Waals surface area contributed by atoms with Gasteiger partial charge in [0.15, 0.2) is 0 Å². The molecule has 0 aliphatic carbocycles. The van der Waals surface area contributed by atoms with Crippen molar-refractivity contribution in [2.75, 3.05) is 25.5 Å². The molecule has 1 fully saturated rings. The van der Waals surface area contributed by atoms with E-state index in [1.165, 1.54) is 0 Å². The van der Waals surface area contributed by atoms with Gasteiger partial charge in [0.25, 0.3) is 5.91 Å². The predicted molar refractivity (Wildman–Crippen MR) is 144 cm³/mol. The van der Waals surface area contributed by atoms with Crippen LogP contribution >= 0.6 is 0 Å². The van der Waals surface area contributed by atoms with Crippen LogP contribution in [0.15, 0.2) is 54.7 Å². The number of methoxy groups -OCH3 is 1. The minimum Gasteiger partial charge on any atom is -0.497 e. The number of carbonyl (C=O) groups is 2. The van der Waals surface area contributed by atoms with Crippen LogP contribution in [-0.4, -0.2) is 52.5 Å². The number of hydrogen-bond acceptors (Lipinski definition) is 6. The SMILES string of the molecule is COc1ccc(-n2ncc(C(=O)Nc3ccc(CC#N)cc3)c2C2CCN(C(=O)OC(C)(C)C)CC2)cc1. The molecule has 2 amide bonds. The highest BCUT2D eigenvalue weighted by molar-refractivity contribution is 6.05. The third kappa shape index (κ3) is 6.32. The Bertz CT molecular complexity index is 1310. The monoisotopic (exact) mass is 515 g/mol. The van der Waals surface area contributed by atoms with Gasteiger partial charge < -0.3 is 19.7 Å². The Morgan fingerprint density at radius 3 is 2.32 bits per heavy atom. The summed E-state index contributed by atoms with van der Waals surface area (Å²) in [6.45, 7) is 6.61. The Morgan fingerprint density at radius 1 is 1.08 bits per heavy atom. The molecule has 1 N–H and O–H groups in total. The van der Waals surface area contributed by atoms with Gasteiger partial charge in [-0.15, -0.1) is 0 Å². The van der Waals surface area contributed by atoms with E-state index >= 15 is 0 Å². The van der Waals surface area contributed by atoms with Crippen molar-refractivity contribution in [2.24, 2.45) is 0 Å². The highest BCUT2D eigenvalue weighted by Gasteiger charge is 2.32. The van der Waals surface area contributed by atoms with Crippen molar-refractivity contribution in [3.8, 4) is 17.5 Å². The fourth-order valence-corrected chi connectivity index (χ4v) is 4.51. The molecule has 0 unspecified atom stereocenters. The number of carbonyl (C=O) groups excluding carboxylic acids is 2. The van der Waals surface area contributed by atoms with Gasteiger partial charge in [-0.05, 0) is 75.6 Å². The van der Waals surface area contributed by atoms with Gasteiger partial charge in [-0.25, -0.2) is 9.48 Å². The zero-order valence-electron chi connectivity index (χ0n) is 22.2. The van der Waals surface area contributed by atoms with E-state index in [4.69, 9.17) is 14.7 Å². The van der Waals surface area contributed by atoms with E-state index in [9.17, 15) is 9.59 Å². The number of nitriles is 1. The Hall–Kier alpha value is -4.32. The lowest BCUT2D eigenvalue weighted by molar-refractivity contribution is 0.0203. The fraction of sp³-hybridized carbons (Fsp3) is 0.379. The van der Waals surface area contributed by atoms with Crippen LogP contribution < -0.4 is 10.1 Å². The van der Waals surface area contributed by atoms with Crippen LogP contribution in [0.5, 0.6) is 5.75 Å². The van der Waals surface area contributed by atoms with E-state index in [-0.39, 0.29) is 17.9 Å². The molecule has 0 saturated carbocycles. The van der Waals surface area contributed by atoms with Gasteiger partial charge in [-0.3, -0.25) is 4.79 Å². The Morgan fingerprint density at radius 2 is 1.74 bits per heavy atom. The number of aromatic nitrogens is 2. The van der Waals surface area contributed by atoms with Crippen molar-refractivity contribution in [3.05, 3.63) is 71.5 Å². The lowest BCUT2D eigenvalue weighted by atomic mass is 9.90. The van der Waals surface area contributed by atoms with Crippen molar-refractivity contribution in [1.29, 1.82) is 5.26 Å². The first-order valence-corrected chi connectivity index (χ1v) is 12.7. The summed E-state index contributed by atoms with van der Waals surface area (Å²) < 4.78 is 12.6. The van der Waals surface area contributed by atoms with Gasteiger partial charge >= 0.3 is 6.09 Å². The van der Waals surface area contributed by atoms with Gasteiger partial charge in [0.1, 0.15) is 11.4 Å². The maximum absolute atomic E-state index is 13.4. The molecule has 0 radical (unpaired) electrons. The summed E-state index contributed by atoms with van der Waals surface area (Å²) in [5.41, 5.74) is 3.07. The van der Waals surface area contributed by atoms with Crippen molar-refractivity contribution < 1.29 is 19.1 Å². The van der Waals surface area contributed by atoms with E-state index in [1.807, 2.05) is 57.2 Å². The van der Waals surface area contributed by atoms with Gasteiger partial charge in [0.05, 0.1) is 42.7 Å². The smallest absolute Gasteiger partial charge is 0.410 e. The molecule has 3 aromatic rings. The number of ether oxygens (including phenoxy) is 2. The largest absolute Gasteiger partial charge is 0.497 e. The van der Waals surface area contributed by atoms with Crippen LogP contribution in [0.4, 0.5) is 10.5 Å². The quantitative estimate of drug-likeness (QED) is 0.476. The number of amides is 2. The second-order valence-corrected chi connectivity index (χ2v) is 10.3. The van der Waals surface area contributed by atoms with Gasteiger partial charge in [0.2, 0.25) is 0 Å². The lowest BCUT2D eigenvalue weighted by Gasteiger charge is -2.34. The molecule has 38 heavy (non-hydrogen) atoms. The third-order valence-corrected chi connectivity index (χ3v) is 6.40. The topological polar surface area (TPSA) is 109 Å². The molecule has 1 aliphatic heterocycles. The fourth-order valence-electron chi connectivity index (χ4n) is 4.51. The van der Waals surface area contributed by atoms with Crippen LogP contribution in [0.2, 0.25) is 0 Å². The number of nitrogens with one attached hydrogen (secondary N) is 1. The molecule has 2 heterocycles. The van der Waals surface area contributed by atoms with Crippen molar-refractivity contribution in [1.82, 2.24) is 14.7 Å². The molecule has 0 spiro atoms. The summed E-state index contributed by atoms with van der Waals surface area (Å²) >= 11 is 0. The summed E-state index contributed by atoms with van der Waals surface area (Å²) in [5.74, 6) is 0.477. The second-order valence-electron chi connectivity index (χ2n) is 10.3. The summed E-state index contributed by atoms with van der Waals surface area (Å²) in [7, 11) is 1.61. The third-order valence-electron chi connectivity index (χ3n) is 6.40. The molecule has 9 nitrogen and oxygen atoms in total. The molecular weight excluding hydrogens is 482 g/mol. The van der Waals surface area contributed by atoms with Crippen LogP contribution in [0.1, 0.15) is 61.1 Å². The minimum absolute atomic E-state index is 0.0112. The van der Waals surface area contributed by atoms with Crippen molar-refractivity contribution >= 4 is 17.7 Å². The highest BCUT2D eigenvalue weighted by atomic mass is 16.6. The lowest BCUT2D eigenvalue weighted by Crippen LogP contribution is -2.41. The van der Waals surface area contributed by atoms with Crippen LogP contribution in [-0.2, 0) is 11.2 Å². The van der Waals surface area contributed by atoms with Crippen LogP contribution in [0, 0.1) is 11.3 Å². The average Bonchev–Trinajstić information content (AvgIpc) is 3.34. The first-order valence-electron chi connectivity index (χ1n) is 12.7. The van der Waals surface area contributed by atoms with Crippen LogP contribution in [0.25, 0.3) is 5.69 Å². The molecule has 9 heteroatoms. The van der Waals surface area contributed by atoms with Crippen molar-refractivity contribution in [2.45, 2.75) is 51.6 Å². The Balaban J connectivity index is 1.60. The number of anilines is 1. The average molecular weight is 516 g/mol.